The monoisotopic (exact) mass is 392 g/mol. The van der Waals surface area contributed by atoms with E-state index in [-0.39, 0.29) is 18.9 Å². The Balaban J connectivity index is 1.67. The molecule has 5 nitrogen and oxygen atoms in total. The second kappa shape index (κ2) is 6.69. The highest BCUT2D eigenvalue weighted by Gasteiger charge is 2.37. The predicted molar refractivity (Wildman–Crippen MR) is 96.9 cm³/mol. The second-order valence-corrected chi connectivity index (χ2v) is 7.84. The van der Waals surface area contributed by atoms with E-state index >= 15 is 0 Å². The fourth-order valence-electron chi connectivity index (χ4n) is 2.71. The molecular weight excluding hydrogens is 372 g/mol. The Bertz CT molecular complexity index is 689. The van der Waals surface area contributed by atoms with Gasteiger partial charge in [0.2, 0.25) is 0 Å². The van der Waals surface area contributed by atoms with E-state index in [9.17, 15) is 4.79 Å². The lowest BCUT2D eigenvalue weighted by atomic mass is 10.00. The molecule has 1 saturated heterocycles. The molecule has 2 aliphatic heterocycles. The second-order valence-electron chi connectivity index (χ2n) is 6.92. The number of amides is 1. The highest BCUT2D eigenvalue weighted by atomic mass is 79.9. The number of benzene rings is 1. The van der Waals surface area contributed by atoms with Gasteiger partial charge in [-0.25, -0.2) is 4.79 Å². The molecule has 0 bridgehead atoms. The Morgan fingerprint density at radius 3 is 2.71 bits per heavy atom. The number of aliphatic imine (C=N–C) groups is 1. The summed E-state index contributed by atoms with van der Waals surface area (Å²) in [5.74, 6) is 0. The summed E-state index contributed by atoms with van der Waals surface area (Å²) in [6, 6.07) is 7.99. The minimum absolute atomic E-state index is 0.163. The summed E-state index contributed by atoms with van der Waals surface area (Å²) in [7, 11) is 0. The molecule has 1 atom stereocenters. The number of carbonyl (C=O) groups is 1. The van der Waals surface area contributed by atoms with E-state index in [4.69, 9.17) is 9.47 Å². The van der Waals surface area contributed by atoms with Crippen molar-refractivity contribution in [2.75, 3.05) is 13.3 Å². The molecule has 0 spiro atoms. The van der Waals surface area contributed by atoms with Crippen LogP contribution in [0, 0.1) is 0 Å². The van der Waals surface area contributed by atoms with Crippen molar-refractivity contribution in [3.8, 4) is 0 Å². The first-order valence-electron chi connectivity index (χ1n) is 7.92. The standard InChI is InChI=1S/C18H21BrN2O3/c1-18(2,3)24-17(22)21-11-23-10-16(21)15-8-13(9-20-15)12-4-6-14(19)7-5-12/h4-7,9,16H,8,10-11H2,1-3H3/t16-/m0/s1. The summed E-state index contributed by atoms with van der Waals surface area (Å²) < 4.78 is 12.0. The number of hydrogen-bond donors (Lipinski definition) is 0. The minimum atomic E-state index is -0.525. The SMILES string of the molecule is CC(C)(C)OC(=O)N1COC[C@H]1C1=NC=C(c2ccc(Br)cc2)C1. The van der Waals surface area contributed by atoms with Gasteiger partial charge < -0.3 is 9.47 Å². The molecule has 2 heterocycles. The maximum Gasteiger partial charge on any atom is 0.412 e. The fourth-order valence-corrected chi connectivity index (χ4v) is 2.98. The van der Waals surface area contributed by atoms with Crippen LogP contribution in [0.1, 0.15) is 32.8 Å². The zero-order valence-electron chi connectivity index (χ0n) is 14.1. The van der Waals surface area contributed by atoms with E-state index in [0.29, 0.717) is 6.61 Å². The number of rotatable bonds is 2. The van der Waals surface area contributed by atoms with Crippen LogP contribution in [-0.2, 0) is 9.47 Å². The van der Waals surface area contributed by atoms with Crippen LogP contribution in [0.4, 0.5) is 4.79 Å². The number of halogens is 1. The van der Waals surface area contributed by atoms with E-state index in [0.717, 1.165) is 27.7 Å². The zero-order chi connectivity index (χ0) is 17.3. The van der Waals surface area contributed by atoms with Crippen molar-refractivity contribution in [3.05, 3.63) is 40.5 Å². The van der Waals surface area contributed by atoms with Crippen LogP contribution in [0.25, 0.3) is 5.57 Å². The molecule has 1 amide bonds. The van der Waals surface area contributed by atoms with Crippen LogP contribution >= 0.6 is 15.9 Å². The number of hydrogen-bond acceptors (Lipinski definition) is 4. The average Bonchev–Trinajstić information content (AvgIpc) is 3.15. The van der Waals surface area contributed by atoms with E-state index in [1.165, 1.54) is 0 Å². The normalized spacial score (nSPS) is 20.8. The molecule has 0 aromatic heterocycles. The molecule has 6 heteroatoms. The Morgan fingerprint density at radius 2 is 2.04 bits per heavy atom. The number of carbonyl (C=O) groups excluding carboxylic acids is 1. The summed E-state index contributed by atoms with van der Waals surface area (Å²) in [6.45, 7) is 6.27. The molecule has 128 valence electrons. The summed E-state index contributed by atoms with van der Waals surface area (Å²) in [5, 5.41) is 0. The molecule has 1 aromatic rings. The van der Waals surface area contributed by atoms with Crippen LogP contribution in [0.2, 0.25) is 0 Å². The smallest absolute Gasteiger partial charge is 0.412 e. The topological polar surface area (TPSA) is 51.1 Å². The van der Waals surface area contributed by atoms with Crippen molar-refractivity contribution in [1.29, 1.82) is 0 Å². The van der Waals surface area contributed by atoms with Gasteiger partial charge in [0, 0.05) is 22.8 Å². The third-order valence-electron chi connectivity index (χ3n) is 3.87. The van der Waals surface area contributed by atoms with E-state index in [1.807, 2.05) is 39.1 Å². The highest BCUT2D eigenvalue weighted by molar-refractivity contribution is 9.10. The molecule has 0 aliphatic carbocycles. The van der Waals surface area contributed by atoms with Gasteiger partial charge >= 0.3 is 6.09 Å². The van der Waals surface area contributed by atoms with Gasteiger partial charge in [-0.1, -0.05) is 28.1 Å². The molecule has 24 heavy (non-hydrogen) atoms. The first kappa shape index (κ1) is 17.2. The molecule has 1 aromatic carbocycles. The van der Waals surface area contributed by atoms with Gasteiger partial charge in [-0.05, 0) is 44.0 Å². The molecule has 1 fully saturated rings. The molecule has 3 rings (SSSR count). The van der Waals surface area contributed by atoms with Crippen LogP contribution in [0.5, 0.6) is 0 Å². The van der Waals surface area contributed by atoms with Gasteiger partial charge in [-0.2, -0.15) is 0 Å². The molecule has 0 radical (unpaired) electrons. The molecule has 2 aliphatic rings. The highest BCUT2D eigenvalue weighted by Crippen LogP contribution is 2.29. The van der Waals surface area contributed by atoms with Crippen molar-refractivity contribution < 1.29 is 14.3 Å². The summed E-state index contributed by atoms with van der Waals surface area (Å²) >= 11 is 3.44. The minimum Gasteiger partial charge on any atom is -0.444 e. The van der Waals surface area contributed by atoms with Crippen LogP contribution in [-0.4, -0.2) is 41.7 Å². The summed E-state index contributed by atoms with van der Waals surface area (Å²) in [4.78, 5) is 18.5. The number of nitrogens with zero attached hydrogens (tertiary/aromatic N) is 2. The molecular formula is C18H21BrN2O3. The van der Waals surface area contributed by atoms with Gasteiger partial charge in [0.1, 0.15) is 12.3 Å². The third kappa shape index (κ3) is 3.87. The van der Waals surface area contributed by atoms with Gasteiger partial charge in [-0.15, -0.1) is 0 Å². The van der Waals surface area contributed by atoms with E-state index < -0.39 is 5.60 Å². The fraction of sp³-hybridized carbons (Fsp3) is 0.444. The molecule has 0 saturated carbocycles. The van der Waals surface area contributed by atoms with Crippen LogP contribution in [0.3, 0.4) is 0 Å². The Morgan fingerprint density at radius 1 is 1.33 bits per heavy atom. The molecule has 0 unspecified atom stereocenters. The quantitative estimate of drug-likeness (QED) is 0.756. The van der Waals surface area contributed by atoms with Crippen molar-refractivity contribution in [1.82, 2.24) is 4.90 Å². The maximum atomic E-state index is 12.4. The van der Waals surface area contributed by atoms with E-state index in [1.54, 1.807) is 4.90 Å². The van der Waals surface area contributed by atoms with Crippen LogP contribution in [0.15, 0.2) is 39.9 Å². The van der Waals surface area contributed by atoms with E-state index in [2.05, 4.69) is 33.1 Å². The Labute approximate surface area is 150 Å². The third-order valence-corrected chi connectivity index (χ3v) is 4.40. The van der Waals surface area contributed by atoms with Gasteiger partial charge in [-0.3, -0.25) is 9.89 Å². The lowest BCUT2D eigenvalue weighted by Crippen LogP contribution is -2.44. The predicted octanol–water partition coefficient (Wildman–Crippen LogP) is 4.23. The lowest BCUT2D eigenvalue weighted by molar-refractivity contribution is 0.0186. The van der Waals surface area contributed by atoms with Crippen molar-refractivity contribution in [2.45, 2.75) is 38.8 Å². The maximum absolute atomic E-state index is 12.4. The lowest BCUT2D eigenvalue weighted by Gasteiger charge is -2.27. The summed E-state index contributed by atoms with van der Waals surface area (Å²) in [5.41, 5.74) is 2.70. The summed E-state index contributed by atoms with van der Waals surface area (Å²) in [6.07, 6.45) is 2.24. The van der Waals surface area contributed by atoms with Crippen LogP contribution < -0.4 is 0 Å². The largest absolute Gasteiger partial charge is 0.444 e. The Hall–Kier alpha value is -1.66. The first-order valence-corrected chi connectivity index (χ1v) is 8.72. The molecule has 0 N–H and O–H groups in total. The van der Waals surface area contributed by atoms with Crippen molar-refractivity contribution in [3.63, 3.8) is 0 Å². The number of ether oxygens (including phenoxy) is 2. The first-order chi connectivity index (χ1) is 11.3. The Kier molecular flexibility index (Phi) is 4.78. The van der Waals surface area contributed by atoms with Gasteiger partial charge in [0.15, 0.2) is 0 Å². The zero-order valence-corrected chi connectivity index (χ0v) is 15.7. The van der Waals surface area contributed by atoms with Gasteiger partial charge in [0.05, 0.1) is 12.6 Å². The van der Waals surface area contributed by atoms with Crippen molar-refractivity contribution in [2.24, 2.45) is 4.99 Å². The average molecular weight is 393 g/mol. The van der Waals surface area contributed by atoms with Crippen molar-refractivity contribution >= 4 is 33.3 Å². The van der Waals surface area contributed by atoms with Gasteiger partial charge in [0.25, 0.3) is 0 Å². The number of allylic oxidation sites excluding steroid dienone is 1.